The summed E-state index contributed by atoms with van der Waals surface area (Å²) < 4.78 is 5.65. The fraction of sp³-hybridized carbons (Fsp3) is 0.375. The van der Waals surface area contributed by atoms with Gasteiger partial charge in [-0.05, 0) is 51.9 Å². The number of hydrogen-bond acceptors (Lipinski definition) is 2. The van der Waals surface area contributed by atoms with Crippen LogP contribution in [0.15, 0.2) is 28.7 Å². The van der Waals surface area contributed by atoms with E-state index in [0.29, 0.717) is 0 Å². The Hall–Kier alpha value is -1.54. The largest absolute Gasteiger partial charge is 0.466 e. The number of hydrogen-bond donors (Lipinski definition) is 1. The number of benzene rings is 1. The van der Waals surface area contributed by atoms with Gasteiger partial charge in [-0.15, -0.1) is 0 Å². The average molecular weight is 243 g/mol. The SMILES string of the molecule is CNC(c1cc(C)ccc1C)c1cc(C)oc1C. The molecule has 1 aromatic carbocycles. The van der Waals surface area contributed by atoms with E-state index in [4.69, 9.17) is 4.42 Å². The van der Waals surface area contributed by atoms with Crippen molar-refractivity contribution in [3.05, 3.63) is 58.0 Å². The van der Waals surface area contributed by atoms with Crippen LogP contribution < -0.4 is 5.32 Å². The predicted molar refractivity (Wildman–Crippen MR) is 75.0 cm³/mol. The first-order valence-corrected chi connectivity index (χ1v) is 6.34. The molecule has 0 bridgehead atoms. The molecule has 0 aliphatic rings. The monoisotopic (exact) mass is 243 g/mol. The smallest absolute Gasteiger partial charge is 0.106 e. The van der Waals surface area contributed by atoms with Gasteiger partial charge in [-0.25, -0.2) is 0 Å². The first-order chi connectivity index (χ1) is 8.52. The zero-order valence-electron chi connectivity index (χ0n) is 11.8. The van der Waals surface area contributed by atoms with Gasteiger partial charge in [0.2, 0.25) is 0 Å². The maximum atomic E-state index is 5.65. The lowest BCUT2D eigenvalue weighted by Crippen LogP contribution is -2.19. The highest BCUT2D eigenvalue weighted by molar-refractivity contribution is 5.40. The lowest BCUT2D eigenvalue weighted by Gasteiger charge is -2.19. The average Bonchev–Trinajstić information content (AvgIpc) is 2.64. The number of furan rings is 1. The number of nitrogens with one attached hydrogen (secondary N) is 1. The van der Waals surface area contributed by atoms with Crippen LogP contribution in [0.5, 0.6) is 0 Å². The van der Waals surface area contributed by atoms with E-state index in [1.54, 1.807) is 0 Å². The summed E-state index contributed by atoms with van der Waals surface area (Å²) in [7, 11) is 1.99. The van der Waals surface area contributed by atoms with Gasteiger partial charge in [-0.2, -0.15) is 0 Å². The first-order valence-electron chi connectivity index (χ1n) is 6.34. The van der Waals surface area contributed by atoms with Crippen molar-refractivity contribution in [3.63, 3.8) is 0 Å². The second kappa shape index (κ2) is 4.99. The Balaban J connectivity index is 2.51. The van der Waals surface area contributed by atoms with Gasteiger partial charge in [-0.3, -0.25) is 0 Å². The summed E-state index contributed by atoms with van der Waals surface area (Å²) in [4.78, 5) is 0. The topological polar surface area (TPSA) is 25.2 Å². The van der Waals surface area contributed by atoms with Gasteiger partial charge in [0.15, 0.2) is 0 Å². The van der Waals surface area contributed by atoms with Crippen molar-refractivity contribution >= 4 is 0 Å². The van der Waals surface area contributed by atoms with Crippen LogP contribution in [0.25, 0.3) is 0 Å². The van der Waals surface area contributed by atoms with Gasteiger partial charge in [0, 0.05) is 5.56 Å². The van der Waals surface area contributed by atoms with Gasteiger partial charge in [0.1, 0.15) is 11.5 Å². The molecule has 1 aromatic heterocycles. The highest BCUT2D eigenvalue weighted by Crippen LogP contribution is 2.29. The van der Waals surface area contributed by atoms with Crippen molar-refractivity contribution < 1.29 is 4.42 Å². The zero-order chi connectivity index (χ0) is 13.3. The van der Waals surface area contributed by atoms with Gasteiger partial charge in [0.25, 0.3) is 0 Å². The molecular weight excluding hydrogens is 222 g/mol. The summed E-state index contributed by atoms with van der Waals surface area (Å²) in [5, 5.41) is 3.40. The van der Waals surface area contributed by atoms with Crippen LogP contribution in [0.3, 0.4) is 0 Å². The van der Waals surface area contributed by atoms with E-state index in [-0.39, 0.29) is 6.04 Å². The van der Waals surface area contributed by atoms with Crippen molar-refractivity contribution in [2.75, 3.05) is 7.05 Å². The molecule has 2 heteroatoms. The molecule has 1 N–H and O–H groups in total. The van der Waals surface area contributed by atoms with E-state index in [1.807, 2.05) is 20.9 Å². The highest BCUT2D eigenvalue weighted by atomic mass is 16.3. The molecule has 0 spiro atoms. The van der Waals surface area contributed by atoms with Gasteiger partial charge in [-0.1, -0.05) is 23.8 Å². The molecule has 0 radical (unpaired) electrons. The molecule has 0 amide bonds. The Morgan fingerprint density at radius 3 is 2.28 bits per heavy atom. The lowest BCUT2D eigenvalue weighted by molar-refractivity contribution is 0.496. The Morgan fingerprint density at radius 2 is 1.72 bits per heavy atom. The van der Waals surface area contributed by atoms with Crippen molar-refractivity contribution in [1.82, 2.24) is 5.32 Å². The third-order valence-corrected chi connectivity index (χ3v) is 3.42. The van der Waals surface area contributed by atoms with Crippen molar-refractivity contribution in [2.24, 2.45) is 0 Å². The lowest BCUT2D eigenvalue weighted by atomic mass is 9.94. The van der Waals surface area contributed by atoms with Crippen molar-refractivity contribution in [2.45, 2.75) is 33.7 Å². The summed E-state index contributed by atoms with van der Waals surface area (Å²) in [5.74, 6) is 1.96. The maximum Gasteiger partial charge on any atom is 0.106 e. The molecule has 2 aromatic rings. The standard InChI is InChI=1S/C16H21NO/c1-10-6-7-11(2)14(8-10)16(17-5)15-9-12(3)18-13(15)4/h6-9,16-17H,1-5H3. The van der Waals surface area contributed by atoms with Gasteiger partial charge >= 0.3 is 0 Å². The Kier molecular flexibility index (Phi) is 3.58. The highest BCUT2D eigenvalue weighted by Gasteiger charge is 2.19. The molecule has 2 rings (SSSR count). The van der Waals surface area contributed by atoms with E-state index in [2.05, 4.69) is 43.4 Å². The number of rotatable bonds is 3. The molecule has 1 atom stereocenters. The van der Waals surface area contributed by atoms with Crippen LogP contribution in [0, 0.1) is 27.7 Å². The predicted octanol–water partition coefficient (Wildman–Crippen LogP) is 3.82. The van der Waals surface area contributed by atoms with E-state index in [9.17, 15) is 0 Å². The first kappa shape index (κ1) is 12.9. The molecular formula is C16H21NO. The zero-order valence-corrected chi connectivity index (χ0v) is 11.8. The second-order valence-corrected chi connectivity index (χ2v) is 4.95. The Labute approximate surface area is 109 Å². The van der Waals surface area contributed by atoms with Gasteiger partial charge < -0.3 is 9.73 Å². The minimum absolute atomic E-state index is 0.197. The fourth-order valence-corrected chi connectivity index (χ4v) is 2.49. The van der Waals surface area contributed by atoms with Crippen LogP contribution >= 0.6 is 0 Å². The molecule has 1 unspecified atom stereocenters. The molecule has 18 heavy (non-hydrogen) atoms. The third kappa shape index (κ3) is 2.34. The van der Waals surface area contributed by atoms with Crippen LogP contribution in [-0.4, -0.2) is 7.05 Å². The van der Waals surface area contributed by atoms with Crippen LogP contribution in [0.1, 0.15) is 39.8 Å². The second-order valence-electron chi connectivity index (χ2n) is 4.95. The molecule has 0 saturated carbocycles. The molecule has 0 fully saturated rings. The van der Waals surface area contributed by atoms with E-state index in [0.717, 1.165) is 11.5 Å². The summed E-state index contributed by atoms with van der Waals surface area (Å²) in [6, 6.07) is 8.90. The molecule has 1 heterocycles. The van der Waals surface area contributed by atoms with Gasteiger partial charge in [0.05, 0.1) is 6.04 Å². The molecule has 96 valence electrons. The number of aryl methyl sites for hydroxylation is 4. The normalized spacial score (nSPS) is 12.7. The molecule has 0 aliphatic carbocycles. The fourth-order valence-electron chi connectivity index (χ4n) is 2.49. The molecule has 0 aliphatic heterocycles. The summed E-state index contributed by atoms with van der Waals surface area (Å²) in [6.07, 6.45) is 0. The summed E-state index contributed by atoms with van der Waals surface area (Å²) >= 11 is 0. The maximum absolute atomic E-state index is 5.65. The van der Waals surface area contributed by atoms with E-state index < -0.39 is 0 Å². The van der Waals surface area contributed by atoms with E-state index >= 15 is 0 Å². The molecule has 0 saturated heterocycles. The van der Waals surface area contributed by atoms with Crippen molar-refractivity contribution in [3.8, 4) is 0 Å². The third-order valence-electron chi connectivity index (χ3n) is 3.42. The minimum atomic E-state index is 0.197. The van der Waals surface area contributed by atoms with Crippen LogP contribution in [0.2, 0.25) is 0 Å². The Bertz CT molecular complexity index is 554. The quantitative estimate of drug-likeness (QED) is 0.886. The van der Waals surface area contributed by atoms with Crippen LogP contribution in [-0.2, 0) is 0 Å². The van der Waals surface area contributed by atoms with E-state index in [1.165, 1.54) is 22.3 Å². The van der Waals surface area contributed by atoms with Crippen molar-refractivity contribution in [1.29, 1.82) is 0 Å². The Morgan fingerprint density at radius 1 is 1.00 bits per heavy atom. The minimum Gasteiger partial charge on any atom is -0.466 e. The molecule has 2 nitrogen and oxygen atoms in total. The summed E-state index contributed by atoms with van der Waals surface area (Å²) in [6.45, 7) is 8.30. The van der Waals surface area contributed by atoms with Crippen LogP contribution in [0.4, 0.5) is 0 Å². The summed E-state index contributed by atoms with van der Waals surface area (Å²) in [5.41, 5.74) is 5.14.